The average molecular weight is 314 g/mol. The zero-order valence-corrected chi connectivity index (χ0v) is 13.7. The maximum absolute atomic E-state index is 14.0. The topological polar surface area (TPSA) is 15.7 Å². The molecule has 3 nitrogen and oxygen atoms in total. The fourth-order valence-electron chi connectivity index (χ4n) is 3.05. The summed E-state index contributed by atoms with van der Waals surface area (Å²) >= 11 is 0. The fraction of sp³-hybridized carbons (Fsp3) is 0.368. The lowest BCUT2D eigenvalue weighted by atomic mass is 10.1. The van der Waals surface area contributed by atoms with Gasteiger partial charge in [0, 0.05) is 37.3 Å². The molecule has 23 heavy (non-hydrogen) atoms. The van der Waals surface area contributed by atoms with Crippen LogP contribution in [0.25, 0.3) is 0 Å². The Morgan fingerprint density at radius 2 is 1.87 bits per heavy atom. The molecule has 2 aromatic carbocycles. The van der Waals surface area contributed by atoms with E-state index in [0.29, 0.717) is 6.54 Å². The molecule has 0 bridgehead atoms. The summed E-state index contributed by atoms with van der Waals surface area (Å²) in [7, 11) is 4.09. The highest BCUT2D eigenvalue weighted by molar-refractivity contribution is 5.34. The molecule has 4 heteroatoms. The third kappa shape index (κ3) is 4.09. The highest BCUT2D eigenvalue weighted by atomic mass is 19.1. The largest absolute Gasteiger partial charge is 0.487 e. The third-order valence-corrected chi connectivity index (χ3v) is 4.04. The van der Waals surface area contributed by atoms with Crippen molar-refractivity contribution < 1.29 is 9.13 Å². The van der Waals surface area contributed by atoms with Crippen molar-refractivity contribution in [3.8, 4) is 5.75 Å². The van der Waals surface area contributed by atoms with Gasteiger partial charge in [-0.25, -0.2) is 4.39 Å². The molecule has 2 aromatic rings. The summed E-state index contributed by atoms with van der Waals surface area (Å²) in [6.07, 6.45) is 0.0698. The second-order valence-electron chi connectivity index (χ2n) is 6.37. The molecule has 0 N–H and O–H groups in total. The molecule has 0 spiro atoms. The van der Waals surface area contributed by atoms with E-state index < -0.39 is 0 Å². The number of halogens is 1. The first-order valence-corrected chi connectivity index (χ1v) is 7.97. The number of benzene rings is 2. The molecule has 1 heterocycles. The molecule has 0 aromatic heterocycles. The Morgan fingerprint density at radius 3 is 2.65 bits per heavy atom. The molecule has 0 fully saturated rings. The number of nitrogens with zero attached hydrogens (tertiary/aromatic N) is 2. The minimum absolute atomic E-state index is 0.0698. The van der Waals surface area contributed by atoms with Gasteiger partial charge in [0.05, 0.1) is 0 Å². The van der Waals surface area contributed by atoms with Crippen molar-refractivity contribution in [1.29, 1.82) is 0 Å². The van der Waals surface area contributed by atoms with Crippen LogP contribution in [0.5, 0.6) is 5.75 Å². The highest BCUT2D eigenvalue weighted by Crippen LogP contribution is 2.26. The normalized spacial score (nSPS) is 18.3. The Morgan fingerprint density at radius 1 is 1.13 bits per heavy atom. The van der Waals surface area contributed by atoms with Gasteiger partial charge in [0.25, 0.3) is 0 Å². The van der Waals surface area contributed by atoms with Crippen LogP contribution >= 0.6 is 0 Å². The molecule has 1 atom stereocenters. The fourth-order valence-corrected chi connectivity index (χ4v) is 3.05. The number of hydrogen-bond acceptors (Lipinski definition) is 3. The molecule has 0 amide bonds. The van der Waals surface area contributed by atoms with Crippen LogP contribution in [0.3, 0.4) is 0 Å². The highest BCUT2D eigenvalue weighted by Gasteiger charge is 2.23. The summed E-state index contributed by atoms with van der Waals surface area (Å²) in [6, 6.07) is 15.1. The van der Waals surface area contributed by atoms with Crippen molar-refractivity contribution >= 4 is 0 Å². The van der Waals surface area contributed by atoms with Crippen molar-refractivity contribution in [2.24, 2.45) is 0 Å². The van der Waals surface area contributed by atoms with Crippen LogP contribution in [-0.4, -0.2) is 43.1 Å². The van der Waals surface area contributed by atoms with E-state index in [1.807, 2.05) is 44.4 Å². The van der Waals surface area contributed by atoms with E-state index in [1.165, 1.54) is 6.07 Å². The minimum atomic E-state index is -0.143. The lowest BCUT2D eigenvalue weighted by Gasteiger charge is -2.26. The molecule has 3 rings (SSSR count). The second-order valence-corrected chi connectivity index (χ2v) is 6.37. The van der Waals surface area contributed by atoms with E-state index in [1.54, 1.807) is 6.07 Å². The van der Waals surface area contributed by atoms with E-state index in [-0.39, 0.29) is 11.9 Å². The Hall–Kier alpha value is -1.91. The Kier molecular flexibility index (Phi) is 4.94. The molecular weight excluding hydrogens is 291 g/mol. The quantitative estimate of drug-likeness (QED) is 0.862. The number of ether oxygens (including phenoxy) is 1. The van der Waals surface area contributed by atoms with Gasteiger partial charge in [-0.15, -0.1) is 0 Å². The Bertz CT molecular complexity index is 659. The lowest BCUT2D eigenvalue weighted by Crippen LogP contribution is -2.39. The van der Waals surface area contributed by atoms with Crippen LogP contribution < -0.4 is 4.74 Å². The summed E-state index contributed by atoms with van der Waals surface area (Å²) < 4.78 is 20.2. The van der Waals surface area contributed by atoms with Gasteiger partial charge in [0.1, 0.15) is 17.7 Å². The van der Waals surface area contributed by atoms with Crippen LogP contribution in [0, 0.1) is 5.82 Å². The standard InChI is InChI=1S/C19H23FN2O/c1-21(2)13-17-14-22(11-15-7-3-5-9-18(15)20)12-16-8-4-6-10-19(16)23-17/h3-10,17H,11-14H2,1-2H3/t17-/m0/s1. The van der Waals surface area contributed by atoms with Gasteiger partial charge in [0.2, 0.25) is 0 Å². The first kappa shape index (κ1) is 16.0. The maximum Gasteiger partial charge on any atom is 0.127 e. The lowest BCUT2D eigenvalue weighted by molar-refractivity contribution is 0.116. The van der Waals surface area contributed by atoms with Crippen molar-refractivity contribution in [3.05, 3.63) is 65.5 Å². The number of para-hydroxylation sites is 1. The molecule has 0 saturated carbocycles. The van der Waals surface area contributed by atoms with Crippen molar-refractivity contribution in [3.63, 3.8) is 0 Å². The van der Waals surface area contributed by atoms with Crippen LogP contribution in [0.4, 0.5) is 4.39 Å². The van der Waals surface area contributed by atoms with E-state index in [0.717, 1.165) is 36.5 Å². The van der Waals surface area contributed by atoms with Gasteiger partial charge < -0.3 is 9.64 Å². The Labute approximate surface area is 137 Å². The second kappa shape index (κ2) is 7.11. The molecule has 1 aliphatic rings. The third-order valence-electron chi connectivity index (χ3n) is 4.04. The van der Waals surface area contributed by atoms with Gasteiger partial charge >= 0.3 is 0 Å². The molecule has 0 saturated heterocycles. The van der Waals surface area contributed by atoms with E-state index in [9.17, 15) is 4.39 Å². The molecular formula is C19H23FN2O. The summed E-state index contributed by atoms with van der Waals surface area (Å²) in [6.45, 7) is 2.98. The van der Waals surface area contributed by atoms with Crippen LogP contribution in [0.15, 0.2) is 48.5 Å². The monoisotopic (exact) mass is 314 g/mol. The minimum Gasteiger partial charge on any atom is -0.487 e. The Balaban J connectivity index is 1.83. The van der Waals surface area contributed by atoms with Gasteiger partial charge in [-0.2, -0.15) is 0 Å². The predicted octanol–water partition coefficient (Wildman–Crippen LogP) is 3.15. The number of rotatable bonds is 4. The van der Waals surface area contributed by atoms with Crippen molar-refractivity contribution in [1.82, 2.24) is 9.80 Å². The summed E-state index contributed by atoms with van der Waals surface area (Å²) in [5.41, 5.74) is 1.89. The number of likely N-dealkylation sites (N-methyl/N-ethyl adjacent to an activating group) is 1. The van der Waals surface area contributed by atoms with Crippen LogP contribution in [-0.2, 0) is 13.1 Å². The van der Waals surface area contributed by atoms with Crippen molar-refractivity contribution in [2.75, 3.05) is 27.2 Å². The zero-order valence-electron chi connectivity index (χ0n) is 13.7. The number of hydrogen-bond donors (Lipinski definition) is 0. The smallest absolute Gasteiger partial charge is 0.127 e. The first-order chi connectivity index (χ1) is 11.1. The predicted molar refractivity (Wildman–Crippen MR) is 89.9 cm³/mol. The molecule has 122 valence electrons. The SMILES string of the molecule is CN(C)C[C@H]1CN(Cc2ccccc2F)Cc2ccccc2O1. The molecule has 0 aliphatic carbocycles. The van der Waals surface area contributed by atoms with Crippen molar-refractivity contribution in [2.45, 2.75) is 19.2 Å². The average Bonchev–Trinajstić information content (AvgIpc) is 2.67. The number of fused-ring (bicyclic) bond motifs is 1. The summed E-state index contributed by atoms with van der Waals surface area (Å²) in [5, 5.41) is 0. The van der Waals surface area contributed by atoms with Gasteiger partial charge in [0.15, 0.2) is 0 Å². The van der Waals surface area contributed by atoms with Gasteiger partial charge in [-0.3, -0.25) is 4.90 Å². The summed E-state index contributed by atoms with van der Waals surface area (Å²) in [5.74, 6) is 0.797. The maximum atomic E-state index is 14.0. The summed E-state index contributed by atoms with van der Waals surface area (Å²) in [4.78, 5) is 4.39. The van der Waals surface area contributed by atoms with Crippen LogP contribution in [0.1, 0.15) is 11.1 Å². The van der Waals surface area contributed by atoms with Gasteiger partial charge in [-0.1, -0.05) is 36.4 Å². The van der Waals surface area contributed by atoms with Gasteiger partial charge in [-0.05, 0) is 26.2 Å². The van der Waals surface area contributed by atoms with E-state index in [4.69, 9.17) is 4.74 Å². The zero-order chi connectivity index (χ0) is 16.2. The van der Waals surface area contributed by atoms with E-state index in [2.05, 4.69) is 15.9 Å². The molecule has 1 aliphatic heterocycles. The first-order valence-electron chi connectivity index (χ1n) is 7.97. The van der Waals surface area contributed by atoms with E-state index >= 15 is 0 Å². The van der Waals surface area contributed by atoms with Crippen LogP contribution in [0.2, 0.25) is 0 Å². The molecule has 0 unspecified atom stereocenters. The molecule has 0 radical (unpaired) electrons.